The average molecular weight is 277 g/mol. The molecule has 1 aromatic heterocycles. The molecule has 0 N–H and O–H groups in total. The molecule has 0 bridgehead atoms. The number of anilines is 1. The fourth-order valence-electron chi connectivity index (χ4n) is 2.74. The molecule has 0 fully saturated rings. The van der Waals surface area contributed by atoms with E-state index in [1.54, 1.807) is 36.0 Å². The van der Waals surface area contributed by atoms with Gasteiger partial charge in [0.05, 0.1) is 16.6 Å². The summed E-state index contributed by atoms with van der Waals surface area (Å²) in [6.45, 7) is 0. The molecule has 0 aliphatic carbocycles. The summed E-state index contributed by atoms with van der Waals surface area (Å²) >= 11 is 0. The lowest BCUT2D eigenvalue weighted by Crippen LogP contribution is -2.30. The maximum absolute atomic E-state index is 12.5. The maximum Gasteiger partial charge on any atom is 0.267 e. The second-order valence-corrected chi connectivity index (χ2v) is 4.96. The number of carbonyl (C=O) groups excluding carboxylic acids is 2. The number of imide groups is 1. The Balaban J connectivity index is 1.95. The standard InChI is InChI=1S/C16H11N3O2/c1-18-13-9-5-4-8-12(13)14(17-18)19-15(20)10-6-2-3-7-11(10)16(19)21/h2-9H,1H3. The van der Waals surface area contributed by atoms with Crippen molar-refractivity contribution in [1.29, 1.82) is 0 Å². The molecular formula is C16H11N3O2. The van der Waals surface area contributed by atoms with Crippen molar-refractivity contribution in [3.05, 3.63) is 59.7 Å². The van der Waals surface area contributed by atoms with E-state index in [1.807, 2.05) is 24.3 Å². The van der Waals surface area contributed by atoms with Gasteiger partial charge in [-0.3, -0.25) is 14.3 Å². The lowest BCUT2D eigenvalue weighted by Gasteiger charge is -2.10. The molecule has 2 heterocycles. The number of aromatic nitrogens is 2. The van der Waals surface area contributed by atoms with Crippen LogP contribution in [0.1, 0.15) is 20.7 Å². The summed E-state index contributed by atoms with van der Waals surface area (Å²) in [6, 6.07) is 14.4. The van der Waals surface area contributed by atoms with Gasteiger partial charge in [0.25, 0.3) is 11.8 Å². The van der Waals surface area contributed by atoms with Crippen LogP contribution in [0.25, 0.3) is 10.9 Å². The smallest absolute Gasteiger partial charge is 0.267 e. The van der Waals surface area contributed by atoms with Gasteiger partial charge in [0, 0.05) is 12.4 Å². The highest BCUT2D eigenvalue weighted by atomic mass is 16.2. The number of para-hydroxylation sites is 1. The zero-order chi connectivity index (χ0) is 14.6. The summed E-state index contributed by atoms with van der Waals surface area (Å²) in [6.07, 6.45) is 0. The van der Waals surface area contributed by atoms with E-state index in [2.05, 4.69) is 5.10 Å². The normalized spacial score (nSPS) is 14.0. The van der Waals surface area contributed by atoms with Gasteiger partial charge in [-0.15, -0.1) is 0 Å². The van der Waals surface area contributed by atoms with Crippen molar-refractivity contribution in [2.24, 2.45) is 7.05 Å². The van der Waals surface area contributed by atoms with Crippen LogP contribution in [-0.4, -0.2) is 21.6 Å². The average Bonchev–Trinajstić information content (AvgIpc) is 2.96. The monoisotopic (exact) mass is 277 g/mol. The summed E-state index contributed by atoms with van der Waals surface area (Å²) < 4.78 is 1.67. The Kier molecular flexibility index (Phi) is 2.27. The second-order valence-electron chi connectivity index (χ2n) is 4.96. The Hall–Kier alpha value is -2.95. The molecule has 5 nitrogen and oxygen atoms in total. The number of nitrogens with zero attached hydrogens (tertiary/aromatic N) is 3. The number of hydrogen-bond acceptors (Lipinski definition) is 3. The third-order valence-corrected chi connectivity index (χ3v) is 3.74. The number of aryl methyl sites for hydroxylation is 1. The SMILES string of the molecule is Cn1nc(N2C(=O)c3ccccc3C2=O)c2ccccc21. The minimum atomic E-state index is -0.320. The van der Waals surface area contributed by atoms with E-state index in [-0.39, 0.29) is 11.8 Å². The molecule has 0 spiro atoms. The highest BCUT2D eigenvalue weighted by Gasteiger charge is 2.38. The van der Waals surface area contributed by atoms with Gasteiger partial charge in [-0.2, -0.15) is 5.10 Å². The van der Waals surface area contributed by atoms with Gasteiger partial charge in [0.15, 0.2) is 5.82 Å². The van der Waals surface area contributed by atoms with Crippen LogP contribution in [0.5, 0.6) is 0 Å². The zero-order valence-electron chi connectivity index (χ0n) is 11.3. The topological polar surface area (TPSA) is 55.2 Å². The van der Waals surface area contributed by atoms with E-state index in [9.17, 15) is 9.59 Å². The van der Waals surface area contributed by atoms with Crippen LogP contribution in [-0.2, 0) is 7.05 Å². The molecule has 2 amide bonds. The van der Waals surface area contributed by atoms with Crippen molar-refractivity contribution >= 4 is 28.5 Å². The van der Waals surface area contributed by atoms with Crippen LogP contribution in [0, 0.1) is 0 Å². The predicted octanol–water partition coefficient (Wildman–Crippen LogP) is 2.37. The van der Waals surface area contributed by atoms with E-state index >= 15 is 0 Å². The Bertz CT molecular complexity index is 876. The Labute approximate surface area is 120 Å². The highest BCUT2D eigenvalue weighted by molar-refractivity contribution is 6.35. The van der Waals surface area contributed by atoms with Gasteiger partial charge in [-0.25, -0.2) is 4.90 Å². The van der Waals surface area contributed by atoms with Crippen molar-refractivity contribution in [2.45, 2.75) is 0 Å². The van der Waals surface area contributed by atoms with E-state index in [0.29, 0.717) is 16.9 Å². The second kappa shape index (κ2) is 4.02. The summed E-state index contributed by atoms with van der Waals surface area (Å²) in [5, 5.41) is 5.14. The number of carbonyl (C=O) groups is 2. The number of rotatable bonds is 1. The molecule has 5 heteroatoms. The molecule has 1 aliphatic rings. The molecule has 0 saturated carbocycles. The first-order valence-corrected chi connectivity index (χ1v) is 6.58. The van der Waals surface area contributed by atoms with Gasteiger partial charge in [-0.05, 0) is 24.3 Å². The molecule has 102 valence electrons. The van der Waals surface area contributed by atoms with Crippen molar-refractivity contribution in [2.75, 3.05) is 4.90 Å². The Morgan fingerprint density at radius 1 is 0.857 bits per heavy atom. The van der Waals surface area contributed by atoms with Crippen molar-refractivity contribution in [3.8, 4) is 0 Å². The lowest BCUT2D eigenvalue weighted by atomic mass is 10.1. The minimum Gasteiger partial charge on any atom is -0.268 e. The maximum atomic E-state index is 12.5. The van der Waals surface area contributed by atoms with E-state index in [1.165, 1.54) is 0 Å². The predicted molar refractivity (Wildman–Crippen MR) is 78.3 cm³/mol. The largest absolute Gasteiger partial charge is 0.268 e. The minimum absolute atomic E-state index is 0.320. The van der Waals surface area contributed by atoms with Gasteiger partial charge >= 0.3 is 0 Å². The molecule has 2 aromatic carbocycles. The number of benzene rings is 2. The Morgan fingerprint density at radius 2 is 1.43 bits per heavy atom. The molecule has 21 heavy (non-hydrogen) atoms. The van der Waals surface area contributed by atoms with Gasteiger partial charge < -0.3 is 0 Å². The summed E-state index contributed by atoms with van der Waals surface area (Å²) in [4.78, 5) is 26.2. The number of hydrogen-bond donors (Lipinski definition) is 0. The van der Waals surface area contributed by atoms with Crippen LogP contribution in [0.4, 0.5) is 5.82 Å². The quantitative estimate of drug-likeness (QED) is 0.642. The Morgan fingerprint density at radius 3 is 2.10 bits per heavy atom. The van der Waals surface area contributed by atoms with Crippen LogP contribution in [0.15, 0.2) is 48.5 Å². The van der Waals surface area contributed by atoms with Crippen molar-refractivity contribution in [3.63, 3.8) is 0 Å². The third-order valence-electron chi connectivity index (χ3n) is 3.74. The first-order valence-electron chi connectivity index (χ1n) is 6.58. The van der Waals surface area contributed by atoms with Crippen LogP contribution in [0.2, 0.25) is 0 Å². The van der Waals surface area contributed by atoms with Crippen molar-refractivity contribution in [1.82, 2.24) is 9.78 Å². The molecule has 0 atom stereocenters. The third kappa shape index (κ3) is 1.48. The van der Waals surface area contributed by atoms with Crippen LogP contribution < -0.4 is 4.90 Å². The number of amides is 2. The van der Waals surface area contributed by atoms with Gasteiger partial charge in [0.1, 0.15) is 0 Å². The molecule has 3 aromatic rings. The summed E-state index contributed by atoms with van der Waals surface area (Å²) in [5.74, 6) is -0.252. The van der Waals surface area contributed by atoms with E-state index in [4.69, 9.17) is 0 Å². The molecule has 0 saturated heterocycles. The van der Waals surface area contributed by atoms with Gasteiger partial charge in [0.2, 0.25) is 0 Å². The van der Waals surface area contributed by atoms with Crippen LogP contribution in [0.3, 0.4) is 0 Å². The van der Waals surface area contributed by atoms with E-state index in [0.717, 1.165) is 15.8 Å². The fraction of sp³-hybridized carbons (Fsp3) is 0.0625. The first-order chi connectivity index (χ1) is 10.2. The van der Waals surface area contributed by atoms with Gasteiger partial charge in [-0.1, -0.05) is 24.3 Å². The lowest BCUT2D eigenvalue weighted by molar-refractivity contribution is 0.0925. The van der Waals surface area contributed by atoms with Crippen LogP contribution >= 0.6 is 0 Å². The molecule has 0 unspecified atom stereocenters. The summed E-state index contributed by atoms with van der Waals surface area (Å²) in [7, 11) is 1.80. The van der Waals surface area contributed by atoms with E-state index < -0.39 is 0 Å². The molecule has 0 radical (unpaired) electrons. The molecular weight excluding hydrogens is 266 g/mol. The molecule has 4 rings (SSSR count). The summed E-state index contributed by atoms with van der Waals surface area (Å²) in [5.41, 5.74) is 1.73. The fourth-order valence-corrected chi connectivity index (χ4v) is 2.74. The van der Waals surface area contributed by atoms with Crippen molar-refractivity contribution < 1.29 is 9.59 Å². The highest BCUT2D eigenvalue weighted by Crippen LogP contribution is 2.32. The zero-order valence-corrected chi connectivity index (χ0v) is 11.3. The first kappa shape index (κ1) is 11.8. The number of fused-ring (bicyclic) bond motifs is 2. The molecule has 1 aliphatic heterocycles.